The normalized spacial score (nSPS) is 14.0. The first-order valence-corrected chi connectivity index (χ1v) is 23.4. The Morgan fingerprint density at radius 1 is 0.545 bits per heavy atom. The Morgan fingerprint density at radius 2 is 0.909 bits per heavy atom. The van der Waals surface area contributed by atoms with Crippen LogP contribution in [0.25, 0.3) is 0 Å². The summed E-state index contributed by atoms with van der Waals surface area (Å²) in [6.07, 6.45) is 39.6. The number of ether oxygens (including phenoxy) is 2. The second kappa shape index (κ2) is 38.8. The molecule has 0 amide bonds. The van der Waals surface area contributed by atoms with Crippen molar-refractivity contribution in [3.63, 3.8) is 0 Å². The molecule has 0 fully saturated rings. The van der Waals surface area contributed by atoms with Crippen LogP contribution in [-0.2, 0) is 37.5 Å². The summed E-state index contributed by atoms with van der Waals surface area (Å²) in [5.41, 5.74) is 5.33. The summed E-state index contributed by atoms with van der Waals surface area (Å²) >= 11 is 0. The molecule has 0 aliphatic heterocycles. The highest BCUT2D eigenvalue weighted by Crippen LogP contribution is 2.43. The van der Waals surface area contributed by atoms with Crippen molar-refractivity contribution < 1.29 is 47.5 Å². The van der Waals surface area contributed by atoms with E-state index < -0.39 is 51.1 Å². The minimum absolute atomic E-state index is 0.152. The Balaban J connectivity index is 4.30. The lowest BCUT2D eigenvalue weighted by Crippen LogP contribution is -2.34. The highest BCUT2D eigenvalue weighted by atomic mass is 31.2. The molecule has 0 saturated heterocycles. The molecule has 0 bridgehead atoms. The summed E-state index contributed by atoms with van der Waals surface area (Å²) in [4.78, 5) is 45.9. The number of allylic oxidation sites excluding steroid dienone is 4. The lowest BCUT2D eigenvalue weighted by Gasteiger charge is -2.20. The van der Waals surface area contributed by atoms with Gasteiger partial charge in [-0.05, 0) is 64.2 Å². The van der Waals surface area contributed by atoms with Gasteiger partial charge in [0.1, 0.15) is 12.6 Å². The predicted molar refractivity (Wildman–Crippen MR) is 222 cm³/mol. The maximum atomic E-state index is 12.6. The molecule has 0 aliphatic carbocycles. The van der Waals surface area contributed by atoms with Gasteiger partial charge in [0.25, 0.3) is 0 Å². The van der Waals surface area contributed by atoms with E-state index in [0.29, 0.717) is 12.8 Å². The Kier molecular flexibility index (Phi) is 37.4. The van der Waals surface area contributed by atoms with Crippen LogP contribution in [0.4, 0.5) is 0 Å². The van der Waals surface area contributed by atoms with Gasteiger partial charge in [-0.25, -0.2) is 4.57 Å². The van der Waals surface area contributed by atoms with Gasteiger partial charge < -0.3 is 25.2 Å². The van der Waals surface area contributed by atoms with Gasteiger partial charge in [0.15, 0.2) is 6.10 Å². The Hall–Kier alpha value is -2.04. The van der Waals surface area contributed by atoms with E-state index in [-0.39, 0.29) is 19.4 Å². The molecule has 0 radical (unpaired) electrons. The number of carbonyl (C=O) groups excluding carboxylic acids is 2. The van der Waals surface area contributed by atoms with E-state index in [1.54, 1.807) is 0 Å². The lowest BCUT2D eigenvalue weighted by atomic mass is 10.1. The monoisotopic (exact) mass is 802 g/mol. The summed E-state index contributed by atoms with van der Waals surface area (Å²) in [7, 11) is -4.71. The first-order chi connectivity index (χ1) is 26.6. The molecule has 0 aromatic rings. The third-order valence-electron chi connectivity index (χ3n) is 9.42. The predicted octanol–water partition coefficient (Wildman–Crippen LogP) is 11.5. The topological polar surface area (TPSA) is 172 Å². The standard InChI is InChI=1S/C43H80NO10P/c1-3-5-7-9-11-13-15-17-18-19-20-21-22-23-25-26-28-30-32-34-41(45)51-36-39(37-52-55(49,50)53-38-40(44)43(47)48)54-42(46)35-33-31-29-27-24-16-14-12-10-8-6-4-2/h12,14,17-18,39-40H,3-11,13,15-16,19-38,44H2,1-2H3,(H,47,48)(H,49,50)/b14-12+,18-17+/t39-,40+/m0/s1. The Labute approximate surface area is 334 Å². The van der Waals surface area contributed by atoms with E-state index in [2.05, 4.69) is 42.7 Å². The number of carboxylic acids is 1. The molecule has 0 heterocycles. The third kappa shape index (κ3) is 38.6. The van der Waals surface area contributed by atoms with E-state index in [4.69, 9.17) is 24.8 Å². The molecule has 0 rings (SSSR count). The summed E-state index contributed by atoms with van der Waals surface area (Å²) in [6, 6.07) is -1.52. The molecule has 55 heavy (non-hydrogen) atoms. The quantitative estimate of drug-likeness (QED) is 0.0232. The fourth-order valence-corrected chi connectivity index (χ4v) is 6.71. The van der Waals surface area contributed by atoms with Gasteiger partial charge in [0.05, 0.1) is 13.2 Å². The zero-order valence-electron chi connectivity index (χ0n) is 34.8. The molecule has 0 aliphatic rings. The largest absolute Gasteiger partial charge is 0.480 e. The maximum absolute atomic E-state index is 12.6. The average Bonchev–Trinajstić information content (AvgIpc) is 3.16. The molecule has 322 valence electrons. The molecule has 1 unspecified atom stereocenters. The fourth-order valence-electron chi connectivity index (χ4n) is 5.94. The van der Waals surface area contributed by atoms with Crippen molar-refractivity contribution in [2.75, 3.05) is 19.8 Å². The second-order valence-electron chi connectivity index (χ2n) is 14.8. The van der Waals surface area contributed by atoms with Crippen molar-refractivity contribution in [3.8, 4) is 0 Å². The van der Waals surface area contributed by atoms with Gasteiger partial charge in [-0.15, -0.1) is 0 Å². The minimum Gasteiger partial charge on any atom is -0.480 e. The highest BCUT2D eigenvalue weighted by Gasteiger charge is 2.28. The molecule has 4 N–H and O–H groups in total. The van der Waals surface area contributed by atoms with Crippen molar-refractivity contribution in [1.29, 1.82) is 0 Å². The minimum atomic E-state index is -4.71. The number of esters is 2. The summed E-state index contributed by atoms with van der Waals surface area (Å²) < 4.78 is 32.7. The van der Waals surface area contributed by atoms with Crippen LogP contribution in [0, 0.1) is 0 Å². The van der Waals surface area contributed by atoms with Crippen LogP contribution in [-0.4, -0.2) is 59.9 Å². The number of unbranched alkanes of at least 4 members (excludes halogenated alkanes) is 23. The first-order valence-electron chi connectivity index (χ1n) is 21.9. The molecule has 0 aromatic carbocycles. The van der Waals surface area contributed by atoms with E-state index >= 15 is 0 Å². The van der Waals surface area contributed by atoms with Crippen LogP contribution in [0.5, 0.6) is 0 Å². The van der Waals surface area contributed by atoms with Crippen molar-refractivity contribution in [3.05, 3.63) is 24.3 Å². The fraction of sp³-hybridized carbons (Fsp3) is 0.837. The third-order valence-corrected chi connectivity index (χ3v) is 10.4. The zero-order chi connectivity index (χ0) is 40.7. The SMILES string of the molecule is CCCCC/C=C/CCCCCCCC(=O)O[C@@H](COC(=O)CCCCCCCCCCC/C=C/CCCCCCCC)COP(=O)(O)OC[C@@H](N)C(=O)O. The summed E-state index contributed by atoms with van der Waals surface area (Å²) in [5.74, 6) is -2.39. The van der Waals surface area contributed by atoms with Crippen LogP contribution in [0.3, 0.4) is 0 Å². The molecule has 3 atom stereocenters. The van der Waals surface area contributed by atoms with Crippen molar-refractivity contribution in [1.82, 2.24) is 0 Å². The van der Waals surface area contributed by atoms with Crippen LogP contribution >= 0.6 is 7.82 Å². The molecule has 0 spiro atoms. The van der Waals surface area contributed by atoms with Gasteiger partial charge in [0, 0.05) is 12.8 Å². The first kappa shape index (κ1) is 53.0. The number of phosphoric acid groups is 1. The number of carboxylic acid groups (broad SMARTS) is 1. The highest BCUT2D eigenvalue weighted by molar-refractivity contribution is 7.47. The summed E-state index contributed by atoms with van der Waals surface area (Å²) in [6.45, 7) is 2.77. The zero-order valence-corrected chi connectivity index (χ0v) is 35.7. The number of hydrogen-bond donors (Lipinski definition) is 3. The van der Waals surface area contributed by atoms with Crippen LogP contribution in [0.2, 0.25) is 0 Å². The number of aliphatic carboxylic acids is 1. The molecule has 12 heteroatoms. The van der Waals surface area contributed by atoms with Crippen molar-refractivity contribution in [2.24, 2.45) is 5.73 Å². The average molecular weight is 802 g/mol. The van der Waals surface area contributed by atoms with Crippen molar-refractivity contribution in [2.45, 2.75) is 212 Å². The maximum Gasteiger partial charge on any atom is 0.472 e. The van der Waals surface area contributed by atoms with Gasteiger partial charge >= 0.3 is 25.7 Å². The molecule has 0 aromatic heterocycles. The molecule has 0 saturated carbocycles. The Bertz CT molecular complexity index is 1040. The van der Waals surface area contributed by atoms with Crippen LogP contribution in [0.1, 0.15) is 200 Å². The van der Waals surface area contributed by atoms with E-state index in [0.717, 1.165) is 57.8 Å². The smallest absolute Gasteiger partial charge is 0.472 e. The van der Waals surface area contributed by atoms with Crippen LogP contribution < -0.4 is 5.73 Å². The Morgan fingerprint density at radius 3 is 1.36 bits per heavy atom. The number of nitrogens with two attached hydrogens (primary N) is 1. The second-order valence-corrected chi connectivity index (χ2v) is 16.3. The molecule has 11 nitrogen and oxygen atoms in total. The van der Waals surface area contributed by atoms with E-state index in [9.17, 15) is 23.8 Å². The number of rotatable bonds is 41. The number of hydrogen-bond acceptors (Lipinski definition) is 9. The number of carbonyl (C=O) groups is 3. The lowest BCUT2D eigenvalue weighted by molar-refractivity contribution is -0.161. The number of phosphoric ester groups is 1. The van der Waals surface area contributed by atoms with Crippen LogP contribution in [0.15, 0.2) is 24.3 Å². The van der Waals surface area contributed by atoms with Gasteiger partial charge in [-0.3, -0.25) is 23.4 Å². The summed E-state index contributed by atoms with van der Waals surface area (Å²) in [5, 5.41) is 8.88. The van der Waals surface area contributed by atoms with Gasteiger partial charge in [-0.1, -0.05) is 147 Å². The van der Waals surface area contributed by atoms with E-state index in [1.807, 2.05) is 0 Å². The molecular formula is C43H80NO10P. The van der Waals surface area contributed by atoms with E-state index in [1.165, 1.54) is 103 Å². The van der Waals surface area contributed by atoms with Crippen molar-refractivity contribution >= 4 is 25.7 Å². The molecular weight excluding hydrogens is 721 g/mol. The van der Waals surface area contributed by atoms with Gasteiger partial charge in [-0.2, -0.15) is 0 Å². The van der Waals surface area contributed by atoms with Gasteiger partial charge in [0.2, 0.25) is 0 Å².